The number of aliphatic imine (C=N–C) groups is 1. The van der Waals surface area contributed by atoms with Crippen molar-refractivity contribution >= 4 is 6.08 Å². The van der Waals surface area contributed by atoms with Crippen LogP contribution in [0.1, 0.15) is 27.2 Å². The van der Waals surface area contributed by atoms with Gasteiger partial charge in [-0.3, -0.25) is 0 Å². The van der Waals surface area contributed by atoms with Crippen molar-refractivity contribution in [3.63, 3.8) is 0 Å². The Kier molecular flexibility index (Phi) is 3.77. The Labute approximate surface area is 68.0 Å². The van der Waals surface area contributed by atoms with Gasteiger partial charge in [0.1, 0.15) is 0 Å². The lowest BCUT2D eigenvalue weighted by molar-refractivity contribution is 0.376. The monoisotopic (exact) mass is 153 g/mol. The van der Waals surface area contributed by atoms with E-state index in [4.69, 9.17) is 0 Å². The molecule has 2 nitrogen and oxygen atoms in total. The number of hydrogen-bond acceptors (Lipinski definition) is 2. The molecule has 0 aliphatic heterocycles. The molecule has 0 saturated heterocycles. The molecule has 0 aliphatic rings. The zero-order chi connectivity index (χ0) is 8.91. The SMILES string of the molecule is C=C(C)CC(C)(C)CN=C=O. The van der Waals surface area contributed by atoms with E-state index in [-0.39, 0.29) is 5.41 Å². The predicted molar refractivity (Wildman–Crippen MR) is 46.2 cm³/mol. The minimum atomic E-state index is 0.0449. The number of carbonyl (C=O) groups excluding carboxylic acids is 1. The van der Waals surface area contributed by atoms with Crippen LogP contribution in [0.4, 0.5) is 0 Å². The molecule has 2 heteroatoms. The maximum absolute atomic E-state index is 9.82. The van der Waals surface area contributed by atoms with Crippen LogP contribution >= 0.6 is 0 Å². The lowest BCUT2D eigenvalue weighted by Gasteiger charge is -2.20. The third kappa shape index (κ3) is 5.56. The van der Waals surface area contributed by atoms with E-state index in [1.54, 1.807) is 6.08 Å². The number of allylic oxidation sites excluding steroid dienone is 1. The van der Waals surface area contributed by atoms with Crippen molar-refractivity contribution in [1.29, 1.82) is 0 Å². The highest BCUT2D eigenvalue weighted by atomic mass is 16.1. The normalized spacial score (nSPS) is 10.5. The van der Waals surface area contributed by atoms with E-state index in [0.717, 1.165) is 12.0 Å². The molecule has 0 rings (SSSR count). The average molecular weight is 153 g/mol. The smallest absolute Gasteiger partial charge is 0.211 e. The van der Waals surface area contributed by atoms with Crippen LogP contribution in [-0.2, 0) is 4.79 Å². The Morgan fingerprint density at radius 2 is 2.18 bits per heavy atom. The third-order valence-electron chi connectivity index (χ3n) is 1.35. The van der Waals surface area contributed by atoms with Crippen molar-refractivity contribution in [3.8, 4) is 0 Å². The molecule has 0 aromatic heterocycles. The molecule has 0 amide bonds. The lowest BCUT2D eigenvalue weighted by atomic mass is 9.87. The summed E-state index contributed by atoms with van der Waals surface area (Å²) in [5, 5.41) is 0. The molecular weight excluding hydrogens is 138 g/mol. The molecule has 0 N–H and O–H groups in total. The van der Waals surface area contributed by atoms with E-state index in [2.05, 4.69) is 25.4 Å². The van der Waals surface area contributed by atoms with E-state index in [9.17, 15) is 4.79 Å². The van der Waals surface area contributed by atoms with Crippen molar-refractivity contribution in [3.05, 3.63) is 12.2 Å². The number of rotatable bonds is 4. The van der Waals surface area contributed by atoms with Crippen molar-refractivity contribution < 1.29 is 4.79 Å². The first-order valence-corrected chi connectivity index (χ1v) is 3.66. The summed E-state index contributed by atoms with van der Waals surface area (Å²) in [7, 11) is 0. The van der Waals surface area contributed by atoms with Gasteiger partial charge in [-0.2, -0.15) is 0 Å². The van der Waals surface area contributed by atoms with Crippen LogP contribution < -0.4 is 0 Å². The van der Waals surface area contributed by atoms with Crippen LogP contribution in [0, 0.1) is 5.41 Å². The summed E-state index contributed by atoms with van der Waals surface area (Å²) in [6.45, 7) is 10.4. The molecule has 0 saturated carbocycles. The Morgan fingerprint density at radius 3 is 2.55 bits per heavy atom. The van der Waals surface area contributed by atoms with Crippen LogP contribution in [0.2, 0.25) is 0 Å². The van der Waals surface area contributed by atoms with Gasteiger partial charge in [0, 0.05) is 0 Å². The zero-order valence-electron chi connectivity index (χ0n) is 7.48. The quantitative estimate of drug-likeness (QED) is 0.346. The van der Waals surface area contributed by atoms with E-state index in [1.165, 1.54) is 0 Å². The second-order valence-corrected chi connectivity index (χ2v) is 3.71. The van der Waals surface area contributed by atoms with Crippen molar-refractivity contribution in [2.45, 2.75) is 27.2 Å². The summed E-state index contributed by atoms with van der Waals surface area (Å²) < 4.78 is 0. The Bertz CT molecular complexity index is 182. The van der Waals surface area contributed by atoms with Gasteiger partial charge in [0.2, 0.25) is 6.08 Å². The van der Waals surface area contributed by atoms with Crippen LogP contribution in [-0.4, -0.2) is 12.6 Å². The fourth-order valence-electron chi connectivity index (χ4n) is 1.12. The number of nitrogens with zero attached hydrogens (tertiary/aromatic N) is 1. The summed E-state index contributed by atoms with van der Waals surface area (Å²) in [4.78, 5) is 13.4. The van der Waals surface area contributed by atoms with Gasteiger partial charge in [-0.15, -0.1) is 6.58 Å². The van der Waals surface area contributed by atoms with Crippen LogP contribution in [0.15, 0.2) is 17.1 Å². The molecule has 0 aromatic rings. The summed E-state index contributed by atoms with van der Waals surface area (Å²) in [6, 6.07) is 0. The van der Waals surface area contributed by atoms with Gasteiger partial charge in [-0.1, -0.05) is 19.4 Å². The average Bonchev–Trinajstić information content (AvgIpc) is 1.81. The molecule has 0 unspecified atom stereocenters. The summed E-state index contributed by atoms with van der Waals surface area (Å²) in [6.07, 6.45) is 2.44. The Balaban J connectivity index is 3.98. The molecule has 0 spiro atoms. The van der Waals surface area contributed by atoms with Gasteiger partial charge in [-0.05, 0) is 18.8 Å². The highest BCUT2D eigenvalue weighted by Gasteiger charge is 2.16. The Hall–Kier alpha value is -0.880. The van der Waals surface area contributed by atoms with Gasteiger partial charge in [-0.25, -0.2) is 9.79 Å². The maximum atomic E-state index is 9.82. The maximum Gasteiger partial charge on any atom is 0.234 e. The fraction of sp³-hybridized carbons (Fsp3) is 0.667. The molecule has 0 heterocycles. The first kappa shape index (κ1) is 10.1. The molecule has 0 aromatic carbocycles. The van der Waals surface area contributed by atoms with Crippen LogP contribution in [0.5, 0.6) is 0 Å². The standard InChI is InChI=1S/C9H15NO/c1-8(2)5-9(3,4)6-10-7-11/h1,5-6H2,2-4H3. The molecule has 0 atom stereocenters. The summed E-state index contributed by atoms with van der Waals surface area (Å²) >= 11 is 0. The highest BCUT2D eigenvalue weighted by Crippen LogP contribution is 2.23. The molecule has 62 valence electrons. The molecular formula is C9H15NO. The first-order chi connectivity index (χ1) is 4.98. The lowest BCUT2D eigenvalue weighted by Crippen LogP contribution is -2.15. The van der Waals surface area contributed by atoms with Crippen LogP contribution in [0.25, 0.3) is 0 Å². The van der Waals surface area contributed by atoms with Crippen LogP contribution in [0.3, 0.4) is 0 Å². The van der Waals surface area contributed by atoms with Crippen molar-refractivity contribution in [2.24, 2.45) is 10.4 Å². The number of isocyanates is 1. The minimum Gasteiger partial charge on any atom is -0.211 e. The minimum absolute atomic E-state index is 0.0449. The highest BCUT2D eigenvalue weighted by molar-refractivity contribution is 5.33. The largest absolute Gasteiger partial charge is 0.234 e. The van der Waals surface area contributed by atoms with Crippen molar-refractivity contribution in [1.82, 2.24) is 0 Å². The summed E-state index contributed by atoms with van der Waals surface area (Å²) in [5.74, 6) is 0. The van der Waals surface area contributed by atoms with Gasteiger partial charge < -0.3 is 0 Å². The van der Waals surface area contributed by atoms with Gasteiger partial charge in [0.05, 0.1) is 6.54 Å². The second-order valence-electron chi connectivity index (χ2n) is 3.71. The molecule has 0 bridgehead atoms. The van der Waals surface area contributed by atoms with E-state index >= 15 is 0 Å². The van der Waals surface area contributed by atoms with Gasteiger partial charge >= 0.3 is 0 Å². The topological polar surface area (TPSA) is 29.4 Å². The predicted octanol–water partition coefficient (Wildman–Crippen LogP) is 2.31. The molecule has 0 aliphatic carbocycles. The van der Waals surface area contributed by atoms with Gasteiger partial charge in [0.25, 0.3) is 0 Å². The second kappa shape index (κ2) is 4.09. The Morgan fingerprint density at radius 1 is 1.64 bits per heavy atom. The van der Waals surface area contributed by atoms with Gasteiger partial charge in [0.15, 0.2) is 0 Å². The molecule has 11 heavy (non-hydrogen) atoms. The zero-order valence-corrected chi connectivity index (χ0v) is 7.48. The third-order valence-corrected chi connectivity index (χ3v) is 1.35. The van der Waals surface area contributed by atoms with E-state index in [0.29, 0.717) is 6.54 Å². The van der Waals surface area contributed by atoms with E-state index in [1.807, 2.05) is 6.92 Å². The molecule has 0 radical (unpaired) electrons. The first-order valence-electron chi connectivity index (χ1n) is 3.66. The molecule has 0 fully saturated rings. The van der Waals surface area contributed by atoms with E-state index < -0.39 is 0 Å². The fourth-order valence-corrected chi connectivity index (χ4v) is 1.12. The van der Waals surface area contributed by atoms with Crippen molar-refractivity contribution in [2.75, 3.05) is 6.54 Å². The summed E-state index contributed by atoms with van der Waals surface area (Å²) in [5.41, 5.74) is 1.17. The number of hydrogen-bond donors (Lipinski definition) is 0.